The number of hydrogen-bond acceptors (Lipinski definition) is 3. The molecule has 1 aromatic carbocycles. The number of nitrogens with one attached hydrogen (secondary N) is 1. The van der Waals surface area contributed by atoms with Crippen LogP contribution in [0.1, 0.15) is 44.1 Å². The van der Waals surface area contributed by atoms with Crippen molar-refractivity contribution in [1.29, 1.82) is 0 Å². The van der Waals surface area contributed by atoms with Gasteiger partial charge in [0.25, 0.3) is 0 Å². The van der Waals surface area contributed by atoms with Crippen LogP contribution in [-0.4, -0.2) is 55.0 Å². The Balaban J connectivity index is 1.15. The smallest absolute Gasteiger partial charge is 0.317 e. The Hall–Kier alpha value is -1.95. The predicted molar refractivity (Wildman–Crippen MR) is 119 cm³/mol. The van der Waals surface area contributed by atoms with Crippen molar-refractivity contribution < 1.29 is 14.3 Å². The van der Waals surface area contributed by atoms with Crippen LogP contribution in [0.15, 0.2) is 18.2 Å². The van der Waals surface area contributed by atoms with E-state index in [1.54, 1.807) is 19.2 Å². The zero-order chi connectivity index (χ0) is 21.6. The molecule has 0 spiro atoms. The summed E-state index contributed by atoms with van der Waals surface area (Å²) >= 11 is 6.01. The first kappa shape index (κ1) is 20.9. The Morgan fingerprint density at radius 3 is 2.19 bits per heavy atom. The predicted octanol–water partition coefficient (Wildman–Crippen LogP) is 3.92. The number of benzene rings is 1. The molecule has 1 heterocycles. The number of carbonyl (C=O) groups excluding carboxylic acids is 2. The number of ether oxygens (including phenoxy) is 1. The van der Waals surface area contributed by atoms with E-state index in [9.17, 15) is 9.59 Å². The summed E-state index contributed by atoms with van der Waals surface area (Å²) in [5.74, 6) is 3.35. The van der Waals surface area contributed by atoms with E-state index in [0.29, 0.717) is 49.4 Å². The molecule has 6 rings (SSSR count). The number of piperazine rings is 1. The van der Waals surface area contributed by atoms with E-state index in [0.717, 1.165) is 42.6 Å². The first-order valence-electron chi connectivity index (χ1n) is 11.6. The van der Waals surface area contributed by atoms with Crippen molar-refractivity contribution >= 4 is 23.5 Å². The van der Waals surface area contributed by atoms with Gasteiger partial charge in [-0.15, -0.1) is 0 Å². The molecule has 1 aromatic rings. The third-order valence-electron chi connectivity index (χ3n) is 8.03. The van der Waals surface area contributed by atoms with E-state index in [2.05, 4.69) is 5.32 Å². The molecule has 4 saturated carbocycles. The largest absolute Gasteiger partial charge is 0.496 e. The van der Waals surface area contributed by atoms with Crippen LogP contribution in [0, 0.1) is 23.2 Å². The van der Waals surface area contributed by atoms with Crippen molar-refractivity contribution in [2.75, 3.05) is 33.3 Å². The maximum atomic E-state index is 13.5. The fourth-order valence-corrected chi connectivity index (χ4v) is 7.13. The summed E-state index contributed by atoms with van der Waals surface area (Å²) in [5.41, 5.74) is 0.792. The summed E-state index contributed by atoms with van der Waals surface area (Å²) in [7, 11) is 1.59. The molecule has 1 saturated heterocycles. The summed E-state index contributed by atoms with van der Waals surface area (Å²) in [6.45, 7) is 2.82. The average Bonchev–Trinajstić information content (AvgIpc) is 2.76. The number of rotatable bonds is 4. The Labute approximate surface area is 189 Å². The maximum Gasteiger partial charge on any atom is 0.317 e. The molecule has 1 N–H and O–H groups in total. The standard InChI is InChI=1S/C24H32ClN3O3/c1-31-21-11-20(25)3-2-19(21)15-26-23(30)28-6-4-27(5-7-28)22(29)24-12-16-8-17(13-24)10-18(9-16)14-24/h2-3,11,16-18H,4-10,12-15H2,1H3,(H,26,30). The summed E-state index contributed by atoms with van der Waals surface area (Å²) in [6, 6.07) is 5.31. The molecular formula is C24H32ClN3O3. The van der Waals surface area contributed by atoms with Crippen LogP contribution < -0.4 is 10.1 Å². The van der Waals surface area contributed by atoms with Gasteiger partial charge in [0.15, 0.2) is 0 Å². The third-order valence-corrected chi connectivity index (χ3v) is 8.26. The molecule has 5 fully saturated rings. The second-order valence-electron chi connectivity index (χ2n) is 10.1. The summed E-state index contributed by atoms with van der Waals surface area (Å²) in [5, 5.41) is 3.58. The highest BCUT2D eigenvalue weighted by Gasteiger charge is 2.55. The van der Waals surface area contributed by atoms with Crippen LogP contribution >= 0.6 is 11.6 Å². The van der Waals surface area contributed by atoms with E-state index in [1.165, 1.54) is 19.3 Å². The van der Waals surface area contributed by atoms with E-state index in [1.807, 2.05) is 15.9 Å². The molecule has 0 aromatic heterocycles. The van der Waals surface area contributed by atoms with E-state index >= 15 is 0 Å². The lowest BCUT2D eigenvalue weighted by molar-refractivity contribution is -0.159. The number of nitrogens with zero attached hydrogens (tertiary/aromatic N) is 2. The second-order valence-corrected chi connectivity index (χ2v) is 10.5. The maximum absolute atomic E-state index is 13.5. The molecule has 5 aliphatic rings. The Kier molecular flexibility index (Phi) is 5.53. The molecule has 1 aliphatic heterocycles. The van der Waals surface area contributed by atoms with Gasteiger partial charge in [-0.3, -0.25) is 4.79 Å². The molecule has 0 atom stereocenters. The van der Waals surface area contributed by atoms with Crippen LogP contribution in [0.5, 0.6) is 5.75 Å². The molecule has 7 heteroatoms. The van der Waals surface area contributed by atoms with Crippen LogP contribution in [0.4, 0.5) is 4.79 Å². The molecule has 4 bridgehead atoms. The van der Waals surface area contributed by atoms with Gasteiger partial charge in [-0.1, -0.05) is 17.7 Å². The molecule has 0 radical (unpaired) electrons. The zero-order valence-corrected chi connectivity index (χ0v) is 19.0. The topological polar surface area (TPSA) is 61.9 Å². The van der Waals surface area contributed by atoms with E-state index in [-0.39, 0.29) is 11.4 Å². The zero-order valence-electron chi connectivity index (χ0n) is 18.2. The summed E-state index contributed by atoms with van der Waals surface area (Å²) < 4.78 is 5.35. The number of halogens is 1. The molecule has 168 valence electrons. The average molecular weight is 446 g/mol. The van der Waals surface area contributed by atoms with Gasteiger partial charge in [-0.05, 0) is 68.4 Å². The lowest BCUT2D eigenvalue weighted by Gasteiger charge is -2.57. The minimum absolute atomic E-state index is 0.0929. The normalized spacial score (nSPS) is 31.6. The highest BCUT2D eigenvalue weighted by Crippen LogP contribution is 2.60. The van der Waals surface area contributed by atoms with Gasteiger partial charge in [0.1, 0.15) is 5.75 Å². The highest BCUT2D eigenvalue weighted by molar-refractivity contribution is 6.30. The van der Waals surface area contributed by atoms with Crippen LogP contribution in [0.2, 0.25) is 5.02 Å². The fourth-order valence-electron chi connectivity index (χ4n) is 6.97. The number of methoxy groups -OCH3 is 1. The van der Waals surface area contributed by atoms with Gasteiger partial charge in [0.05, 0.1) is 12.5 Å². The van der Waals surface area contributed by atoms with Crippen LogP contribution in [0.3, 0.4) is 0 Å². The third kappa shape index (κ3) is 3.99. The molecule has 6 nitrogen and oxygen atoms in total. The van der Waals surface area contributed by atoms with Crippen molar-refractivity contribution in [3.8, 4) is 5.75 Å². The second kappa shape index (κ2) is 8.19. The van der Waals surface area contributed by atoms with Crippen molar-refractivity contribution in [3.63, 3.8) is 0 Å². The Morgan fingerprint density at radius 1 is 1.03 bits per heavy atom. The van der Waals surface area contributed by atoms with Gasteiger partial charge >= 0.3 is 6.03 Å². The monoisotopic (exact) mass is 445 g/mol. The van der Waals surface area contributed by atoms with Crippen molar-refractivity contribution in [1.82, 2.24) is 15.1 Å². The molecule has 4 aliphatic carbocycles. The molecule has 3 amide bonds. The van der Waals surface area contributed by atoms with Crippen LogP contribution in [0.25, 0.3) is 0 Å². The quantitative estimate of drug-likeness (QED) is 0.764. The number of hydrogen-bond donors (Lipinski definition) is 1. The van der Waals surface area contributed by atoms with Crippen LogP contribution in [-0.2, 0) is 11.3 Å². The summed E-state index contributed by atoms with van der Waals surface area (Å²) in [6.07, 6.45) is 7.33. The minimum atomic E-state index is -0.0982. The van der Waals surface area contributed by atoms with Gasteiger partial charge in [-0.2, -0.15) is 0 Å². The Bertz CT molecular complexity index is 830. The first-order valence-corrected chi connectivity index (χ1v) is 12.0. The highest BCUT2D eigenvalue weighted by atomic mass is 35.5. The van der Waals surface area contributed by atoms with Crippen molar-refractivity contribution in [2.45, 2.75) is 45.1 Å². The number of urea groups is 1. The Morgan fingerprint density at radius 2 is 1.61 bits per heavy atom. The van der Waals surface area contributed by atoms with E-state index in [4.69, 9.17) is 16.3 Å². The lowest BCUT2D eigenvalue weighted by atomic mass is 9.49. The SMILES string of the molecule is COc1cc(Cl)ccc1CNC(=O)N1CCN(C(=O)C23CC4CC(CC(C4)C2)C3)CC1. The minimum Gasteiger partial charge on any atom is -0.496 e. The first-order chi connectivity index (χ1) is 15.0. The van der Waals surface area contributed by atoms with E-state index < -0.39 is 0 Å². The molecule has 31 heavy (non-hydrogen) atoms. The van der Waals surface area contributed by atoms with Gasteiger partial charge < -0.3 is 19.9 Å². The molecule has 0 unspecified atom stereocenters. The summed E-state index contributed by atoms with van der Waals surface area (Å²) in [4.78, 5) is 30.1. The molecular weight excluding hydrogens is 414 g/mol. The number of carbonyl (C=O) groups is 2. The van der Waals surface area contributed by atoms with Gasteiger partial charge in [-0.25, -0.2) is 4.79 Å². The number of amides is 3. The van der Waals surface area contributed by atoms with Gasteiger partial charge in [0.2, 0.25) is 5.91 Å². The fraction of sp³-hybridized carbons (Fsp3) is 0.667. The van der Waals surface area contributed by atoms with Crippen molar-refractivity contribution in [2.24, 2.45) is 23.2 Å². The van der Waals surface area contributed by atoms with Gasteiger partial charge in [0, 0.05) is 43.3 Å². The lowest BCUT2D eigenvalue weighted by Crippen LogP contribution is -2.59. The van der Waals surface area contributed by atoms with Crippen molar-refractivity contribution in [3.05, 3.63) is 28.8 Å².